The molecule has 10 heteroatoms. The minimum Gasteiger partial charge on any atom is -0.465 e. The summed E-state index contributed by atoms with van der Waals surface area (Å²) in [5.41, 5.74) is -0.793. The molecule has 0 aromatic heterocycles. The first kappa shape index (κ1) is 31.7. The number of likely N-dealkylation sites (tertiary alicyclic amines) is 1. The third-order valence-corrected chi connectivity index (χ3v) is 9.51. The molecule has 3 fully saturated rings. The van der Waals surface area contributed by atoms with Gasteiger partial charge < -0.3 is 24.4 Å². The third-order valence-electron chi connectivity index (χ3n) is 8.35. The highest BCUT2D eigenvalue weighted by Crippen LogP contribution is 2.61. The number of benzene rings is 1. The van der Waals surface area contributed by atoms with Crippen molar-refractivity contribution in [1.82, 2.24) is 4.90 Å². The number of carbonyl (C=O) groups is 3. The number of alkyl halides is 1. The molecule has 3 saturated heterocycles. The topological polar surface area (TPSA) is 96.4 Å². The van der Waals surface area contributed by atoms with Crippen molar-refractivity contribution >= 4 is 51.0 Å². The van der Waals surface area contributed by atoms with E-state index in [-0.39, 0.29) is 36.4 Å². The van der Waals surface area contributed by atoms with E-state index < -0.39 is 47.5 Å². The van der Waals surface area contributed by atoms with Crippen LogP contribution in [0.4, 0.5) is 5.69 Å². The van der Waals surface area contributed by atoms with Gasteiger partial charge in [-0.15, -0.1) is 13.2 Å². The highest BCUT2D eigenvalue weighted by atomic mass is 79.9. The fraction of sp³-hybridized carbons (Fsp3) is 0.581. The SMILES string of the molecule is C=CCCCCOC(=O)[C@H]1[C@H]2C(=O)N([C@@H](CO)CC(C)C)C(C(=O)N(CC=C)c3ccccc3Cl)C23CC(Br)[C@@H]1O3. The molecular weight excluding hydrogens is 612 g/mol. The van der Waals surface area contributed by atoms with E-state index in [2.05, 4.69) is 29.1 Å². The Morgan fingerprint density at radius 3 is 2.66 bits per heavy atom. The quantitative estimate of drug-likeness (QED) is 0.133. The van der Waals surface area contributed by atoms with E-state index >= 15 is 0 Å². The van der Waals surface area contributed by atoms with Crippen LogP contribution in [0.5, 0.6) is 0 Å². The summed E-state index contributed by atoms with van der Waals surface area (Å²) in [4.78, 5) is 45.3. The van der Waals surface area contributed by atoms with Gasteiger partial charge in [0.15, 0.2) is 0 Å². The lowest BCUT2D eigenvalue weighted by molar-refractivity contribution is -0.155. The van der Waals surface area contributed by atoms with Gasteiger partial charge in [-0.25, -0.2) is 0 Å². The summed E-state index contributed by atoms with van der Waals surface area (Å²) in [6.45, 7) is 11.6. The summed E-state index contributed by atoms with van der Waals surface area (Å²) in [7, 11) is 0. The van der Waals surface area contributed by atoms with Gasteiger partial charge in [0, 0.05) is 11.4 Å². The first-order valence-electron chi connectivity index (χ1n) is 14.3. The first-order chi connectivity index (χ1) is 19.6. The molecule has 4 rings (SSSR count). The number of allylic oxidation sites excluding steroid dienone is 1. The van der Waals surface area contributed by atoms with E-state index in [1.807, 2.05) is 19.9 Å². The van der Waals surface area contributed by atoms with Crippen molar-refractivity contribution in [2.45, 2.75) is 74.6 Å². The Morgan fingerprint density at radius 1 is 1.29 bits per heavy atom. The van der Waals surface area contributed by atoms with Gasteiger partial charge in [0.2, 0.25) is 5.91 Å². The summed E-state index contributed by atoms with van der Waals surface area (Å²) < 4.78 is 12.3. The zero-order chi connectivity index (χ0) is 29.9. The number of fused-ring (bicyclic) bond motifs is 1. The van der Waals surface area contributed by atoms with Gasteiger partial charge in [-0.05, 0) is 50.2 Å². The molecule has 1 N–H and O–H groups in total. The number of hydrogen-bond acceptors (Lipinski definition) is 6. The van der Waals surface area contributed by atoms with Crippen molar-refractivity contribution in [3.63, 3.8) is 0 Å². The second kappa shape index (κ2) is 13.4. The third kappa shape index (κ3) is 5.88. The summed E-state index contributed by atoms with van der Waals surface area (Å²) in [5.74, 6) is -2.89. The molecule has 0 radical (unpaired) electrons. The maximum atomic E-state index is 14.7. The highest BCUT2D eigenvalue weighted by molar-refractivity contribution is 9.09. The molecule has 1 aromatic carbocycles. The Kier molecular flexibility index (Phi) is 10.4. The summed E-state index contributed by atoms with van der Waals surface area (Å²) in [6, 6.07) is 5.28. The molecule has 224 valence electrons. The highest BCUT2D eigenvalue weighted by Gasteiger charge is 2.77. The molecule has 3 aliphatic rings. The van der Waals surface area contributed by atoms with Crippen LogP contribution in [0.1, 0.15) is 46.0 Å². The van der Waals surface area contributed by atoms with Crippen LogP contribution in [-0.2, 0) is 23.9 Å². The van der Waals surface area contributed by atoms with Crippen molar-refractivity contribution in [2.75, 3.05) is 24.7 Å². The number of unbranched alkanes of at least 4 members (excludes halogenated alkanes) is 2. The van der Waals surface area contributed by atoms with Gasteiger partial charge in [0.05, 0.1) is 47.9 Å². The Balaban J connectivity index is 1.76. The maximum Gasteiger partial charge on any atom is 0.312 e. The van der Waals surface area contributed by atoms with Gasteiger partial charge in [-0.1, -0.05) is 65.7 Å². The van der Waals surface area contributed by atoms with Crippen LogP contribution in [0.15, 0.2) is 49.6 Å². The maximum absolute atomic E-state index is 14.7. The molecule has 3 unspecified atom stereocenters. The van der Waals surface area contributed by atoms with Gasteiger partial charge in [-0.2, -0.15) is 0 Å². The molecular formula is C31H40BrClN2O6. The molecule has 1 aromatic rings. The average Bonchev–Trinajstić information content (AvgIpc) is 3.53. The number of amides is 2. The number of halogens is 2. The number of anilines is 1. The van der Waals surface area contributed by atoms with Gasteiger partial charge in [0.1, 0.15) is 11.6 Å². The van der Waals surface area contributed by atoms with Gasteiger partial charge in [0.25, 0.3) is 5.91 Å². The molecule has 0 saturated carbocycles. The van der Waals surface area contributed by atoms with Crippen LogP contribution < -0.4 is 4.90 Å². The lowest BCUT2D eigenvalue weighted by Gasteiger charge is -2.40. The molecule has 2 bridgehead atoms. The lowest BCUT2D eigenvalue weighted by atomic mass is 9.70. The number of ether oxygens (including phenoxy) is 2. The minimum absolute atomic E-state index is 0.138. The Bertz CT molecular complexity index is 1160. The number of para-hydroxylation sites is 1. The Morgan fingerprint density at radius 2 is 2.02 bits per heavy atom. The van der Waals surface area contributed by atoms with Crippen molar-refractivity contribution in [1.29, 1.82) is 0 Å². The monoisotopic (exact) mass is 650 g/mol. The average molecular weight is 652 g/mol. The van der Waals surface area contributed by atoms with Crippen molar-refractivity contribution < 1.29 is 29.0 Å². The summed E-state index contributed by atoms with van der Waals surface area (Å²) in [5, 5.41) is 10.9. The van der Waals surface area contributed by atoms with E-state index in [0.29, 0.717) is 30.0 Å². The molecule has 7 atom stereocenters. The number of aliphatic hydroxyl groups excluding tert-OH is 1. The first-order valence-corrected chi connectivity index (χ1v) is 15.6. The normalized spacial score (nSPS) is 29.0. The summed E-state index contributed by atoms with van der Waals surface area (Å²) in [6.07, 6.45) is 5.98. The standard InChI is InChI=1S/C31H40BrClN2O6/c1-5-7-8-11-15-40-30(39)24-25-28(37)35(20(18-36)16-19(3)4)27(31(25)17-21(32)26(24)41-31)29(38)34(14-6-2)23-13-10-9-12-22(23)33/h5-6,9-10,12-13,19-21,24-27,36H,1-2,7-8,11,14-18H2,3-4H3/t20-,21?,24+,25+,26+,27?,31?/m1/s1. The molecule has 3 heterocycles. The molecule has 8 nitrogen and oxygen atoms in total. The van der Waals surface area contributed by atoms with Crippen LogP contribution in [0.3, 0.4) is 0 Å². The largest absolute Gasteiger partial charge is 0.465 e. The number of aliphatic hydroxyl groups is 1. The smallest absolute Gasteiger partial charge is 0.312 e. The number of nitrogens with zero attached hydrogens (tertiary/aromatic N) is 2. The molecule has 41 heavy (non-hydrogen) atoms. The minimum atomic E-state index is -1.27. The second-order valence-corrected chi connectivity index (χ2v) is 13.1. The summed E-state index contributed by atoms with van der Waals surface area (Å²) >= 11 is 10.2. The number of rotatable bonds is 14. The number of carbonyl (C=O) groups excluding carboxylic acids is 3. The van der Waals surface area contributed by atoms with E-state index in [9.17, 15) is 19.5 Å². The van der Waals surface area contributed by atoms with Crippen LogP contribution in [-0.4, -0.2) is 76.2 Å². The predicted molar refractivity (Wildman–Crippen MR) is 162 cm³/mol. The Labute approximate surface area is 255 Å². The van der Waals surface area contributed by atoms with Crippen molar-refractivity contribution in [3.05, 3.63) is 54.6 Å². The van der Waals surface area contributed by atoms with E-state index in [1.54, 1.807) is 30.3 Å². The molecule has 0 aliphatic carbocycles. The fourth-order valence-corrected chi connectivity index (χ4v) is 7.92. The van der Waals surface area contributed by atoms with E-state index in [0.717, 1.165) is 12.8 Å². The van der Waals surface area contributed by atoms with Crippen LogP contribution in [0.2, 0.25) is 5.02 Å². The predicted octanol–water partition coefficient (Wildman–Crippen LogP) is 4.91. The number of esters is 1. The lowest BCUT2D eigenvalue weighted by Crippen LogP contribution is -2.59. The van der Waals surface area contributed by atoms with Crippen LogP contribution in [0, 0.1) is 17.8 Å². The zero-order valence-electron chi connectivity index (χ0n) is 23.7. The Hall–Kier alpha value is -2.20. The van der Waals surface area contributed by atoms with E-state index in [1.165, 1.54) is 9.80 Å². The van der Waals surface area contributed by atoms with Crippen LogP contribution in [0.25, 0.3) is 0 Å². The molecule has 1 spiro atoms. The number of hydrogen-bond donors (Lipinski definition) is 1. The van der Waals surface area contributed by atoms with Gasteiger partial charge in [-0.3, -0.25) is 14.4 Å². The molecule has 2 amide bonds. The second-order valence-electron chi connectivity index (χ2n) is 11.5. The fourth-order valence-electron chi connectivity index (χ4n) is 6.74. The zero-order valence-corrected chi connectivity index (χ0v) is 26.1. The van der Waals surface area contributed by atoms with E-state index in [4.69, 9.17) is 21.1 Å². The van der Waals surface area contributed by atoms with Crippen molar-refractivity contribution in [2.24, 2.45) is 17.8 Å². The van der Waals surface area contributed by atoms with Crippen LogP contribution >= 0.6 is 27.5 Å². The van der Waals surface area contributed by atoms with Gasteiger partial charge >= 0.3 is 5.97 Å². The molecule has 3 aliphatic heterocycles. The van der Waals surface area contributed by atoms with Crippen molar-refractivity contribution in [3.8, 4) is 0 Å².